The van der Waals surface area contributed by atoms with E-state index in [9.17, 15) is 13.2 Å². The van der Waals surface area contributed by atoms with Gasteiger partial charge in [-0.3, -0.25) is 4.79 Å². The largest absolute Gasteiger partial charge is 0.322 e. The number of carbonyl (C=O) groups excluding carboxylic acids is 1. The lowest BCUT2D eigenvalue weighted by Gasteiger charge is -2.31. The lowest BCUT2D eigenvalue weighted by atomic mass is 10.1. The Labute approximate surface area is 171 Å². The van der Waals surface area contributed by atoms with E-state index < -0.39 is 10.0 Å². The minimum Gasteiger partial charge on any atom is -0.322 e. The van der Waals surface area contributed by atoms with Gasteiger partial charge in [0, 0.05) is 42.3 Å². The van der Waals surface area contributed by atoms with Gasteiger partial charge in [-0.2, -0.15) is 4.31 Å². The number of aryl methyl sites for hydroxylation is 1. The second kappa shape index (κ2) is 8.65. The highest BCUT2D eigenvalue weighted by Crippen LogP contribution is 2.23. The minimum atomic E-state index is -3.62. The van der Waals surface area contributed by atoms with Crippen LogP contribution in [0, 0.1) is 6.92 Å². The van der Waals surface area contributed by atoms with E-state index >= 15 is 0 Å². The summed E-state index contributed by atoms with van der Waals surface area (Å²) >= 11 is 1.59. The van der Waals surface area contributed by atoms with Crippen LogP contribution in [0.25, 0.3) is 0 Å². The topological polar surface area (TPSA) is 69.7 Å². The molecule has 1 aliphatic rings. The van der Waals surface area contributed by atoms with Crippen molar-refractivity contribution in [1.82, 2.24) is 9.21 Å². The van der Waals surface area contributed by atoms with Gasteiger partial charge in [0.25, 0.3) is 5.91 Å². The van der Waals surface area contributed by atoms with E-state index in [0.29, 0.717) is 37.4 Å². The number of nitrogens with zero attached hydrogens (tertiary/aromatic N) is 2. The van der Waals surface area contributed by atoms with Crippen LogP contribution >= 0.6 is 11.8 Å². The molecule has 1 fully saturated rings. The number of benzene rings is 2. The summed E-state index contributed by atoms with van der Waals surface area (Å²) in [6, 6.07) is 12.3. The van der Waals surface area contributed by atoms with Gasteiger partial charge >= 0.3 is 0 Å². The summed E-state index contributed by atoms with van der Waals surface area (Å²) in [5, 5.41) is 2.87. The zero-order chi connectivity index (χ0) is 20.3. The standard InChI is InChI=1S/C20H25N3O3S2/c1-15-7-8-18(28(25,26)23-11-9-22(2)10-12-23)14-19(15)20(24)21-16-5-4-6-17(13-16)27-3/h4-8,13-14H,9-12H2,1-3H3,(H,21,24). The van der Waals surface area contributed by atoms with Crippen LogP contribution < -0.4 is 5.32 Å². The van der Waals surface area contributed by atoms with E-state index in [2.05, 4.69) is 10.2 Å². The molecule has 3 rings (SSSR count). The molecular formula is C20H25N3O3S2. The quantitative estimate of drug-likeness (QED) is 0.755. The molecule has 1 heterocycles. The average Bonchev–Trinajstić information content (AvgIpc) is 2.68. The number of carbonyl (C=O) groups is 1. The number of sulfonamides is 1. The Kier molecular flexibility index (Phi) is 6.44. The van der Waals surface area contributed by atoms with Crippen molar-refractivity contribution in [3.8, 4) is 0 Å². The summed E-state index contributed by atoms with van der Waals surface area (Å²) in [7, 11) is -1.64. The lowest BCUT2D eigenvalue weighted by Crippen LogP contribution is -2.47. The van der Waals surface area contributed by atoms with Crippen LogP contribution in [0.15, 0.2) is 52.3 Å². The number of amides is 1. The fourth-order valence-corrected chi connectivity index (χ4v) is 4.99. The highest BCUT2D eigenvalue weighted by atomic mass is 32.2. The first-order chi connectivity index (χ1) is 13.3. The highest BCUT2D eigenvalue weighted by Gasteiger charge is 2.28. The third-order valence-electron chi connectivity index (χ3n) is 4.88. The van der Waals surface area contributed by atoms with Gasteiger partial charge in [0.1, 0.15) is 0 Å². The van der Waals surface area contributed by atoms with E-state index in [-0.39, 0.29) is 10.8 Å². The molecule has 1 saturated heterocycles. The second-order valence-corrected chi connectivity index (χ2v) is 9.69. The van der Waals surface area contributed by atoms with Crippen LogP contribution in [0.2, 0.25) is 0 Å². The molecule has 1 aliphatic heterocycles. The molecule has 0 spiro atoms. The molecule has 2 aromatic rings. The third-order valence-corrected chi connectivity index (χ3v) is 7.50. The molecule has 28 heavy (non-hydrogen) atoms. The molecule has 2 aromatic carbocycles. The summed E-state index contributed by atoms with van der Waals surface area (Å²) in [4.78, 5) is 16.1. The summed E-state index contributed by atoms with van der Waals surface area (Å²) in [6.07, 6.45) is 1.97. The number of likely N-dealkylation sites (N-methyl/N-ethyl adjacent to an activating group) is 1. The number of piperazine rings is 1. The van der Waals surface area contributed by atoms with Crippen molar-refractivity contribution in [2.24, 2.45) is 0 Å². The maximum atomic E-state index is 13.0. The molecule has 0 unspecified atom stereocenters. The molecule has 1 amide bonds. The van der Waals surface area contributed by atoms with Crippen LogP contribution in [0.5, 0.6) is 0 Å². The van der Waals surface area contributed by atoms with Crippen molar-refractivity contribution in [1.29, 1.82) is 0 Å². The van der Waals surface area contributed by atoms with Crippen molar-refractivity contribution >= 4 is 33.4 Å². The SMILES string of the molecule is CSc1cccc(NC(=O)c2cc(S(=O)(=O)N3CCN(C)CC3)ccc2C)c1. The van der Waals surface area contributed by atoms with Crippen LogP contribution in [0.3, 0.4) is 0 Å². The minimum absolute atomic E-state index is 0.158. The summed E-state index contributed by atoms with van der Waals surface area (Å²) in [5.74, 6) is -0.314. The van der Waals surface area contributed by atoms with Gasteiger partial charge in [-0.1, -0.05) is 12.1 Å². The Balaban J connectivity index is 1.85. The summed E-state index contributed by atoms with van der Waals surface area (Å²) in [6.45, 7) is 4.11. The number of rotatable bonds is 5. The van der Waals surface area contributed by atoms with Crippen molar-refractivity contribution in [2.75, 3.05) is 44.8 Å². The number of nitrogens with one attached hydrogen (secondary N) is 1. The van der Waals surface area contributed by atoms with E-state index in [1.54, 1.807) is 30.8 Å². The Hall–Kier alpha value is -1.87. The monoisotopic (exact) mass is 419 g/mol. The number of hydrogen-bond donors (Lipinski definition) is 1. The van der Waals surface area contributed by atoms with Gasteiger partial charge in [0.05, 0.1) is 4.90 Å². The number of hydrogen-bond acceptors (Lipinski definition) is 5. The zero-order valence-electron chi connectivity index (χ0n) is 16.3. The van der Waals surface area contributed by atoms with Crippen LogP contribution in [0.1, 0.15) is 15.9 Å². The maximum absolute atomic E-state index is 13.0. The first-order valence-corrected chi connectivity index (χ1v) is 11.7. The third kappa shape index (κ3) is 4.57. The Bertz CT molecular complexity index is 968. The van der Waals surface area contributed by atoms with E-state index in [1.807, 2.05) is 37.6 Å². The molecule has 0 radical (unpaired) electrons. The second-order valence-electron chi connectivity index (χ2n) is 6.87. The molecule has 1 N–H and O–H groups in total. The average molecular weight is 420 g/mol. The van der Waals surface area contributed by atoms with Gasteiger partial charge in [0.15, 0.2) is 0 Å². The molecule has 0 aromatic heterocycles. The fraction of sp³-hybridized carbons (Fsp3) is 0.350. The van der Waals surface area contributed by atoms with Crippen molar-refractivity contribution in [3.63, 3.8) is 0 Å². The van der Waals surface area contributed by atoms with Gasteiger partial charge in [-0.05, 0) is 56.1 Å². The van der Waals surface area contributed by atoms with Crippen molar-refractivity contribution in [3.05, 3.63) is 53.6 Å². The normalized spacial score (nSPS) is 16.1. The van der Waals surface area contributed by atoms with E-state index in [0.717, 1.165) is 10.5 Å². The number of thioether (sulfide) groups is 1. The first kappa shape index (κ1) is 20.9. The first-order valence-electron chi connectivity index (χ1n) is 9.06. The van der Waals surface area contributed by atoms with Gasteiger partial charge in [-0.25, -0.2) is 8.42 Å². The molecule has 0 atom stereocenters. The smallest absolute Gasteiger partial charge is 0.255 e. The number of anilines is 1. The molecule has 0 saturated carbocycles. The Morgan fingerprint density at radius 2 is 1.79 bits per heavy atom. The predicted octanol–water partition coefficient (Wildman–Crippen LogP) is 2.91. The van der Waals surface area contributed by atoms with Crippen LogP contribution in [-0.4, -0.2) is 63.0 Å². The van der Waals surface area contributed by atoms with Gasteiger partial charge in [0.2, 0.25) is 10.0 Å². The zero-order valence-corrected chi connectivity index (χ0v) is 17.9. The van der Waals surface area contributed by atoms with Crippen molar-refractivity contribution in [2.45, 2.75) is 16.7 Å². The molecule has 8 heteroatoms. The maximum Gasteiger partial charge on any atom is 0.255 e. The Morgan fingerprint density at radius 1 is 1.07 bits per heavy atom. The van der Waals surface area contributed by atoms with E-state index in [1.165, 1.54) is 10.4 Å². The molecule has 0 bridgehead atoms. The summed E-state index contributed by atoms with van der Waals surface area (Å²) < 4.78 is 27.5. The molecule has 150 valence electrons. The van der Waals surface area contributed by atoms with Gasteiger partial charge in [-0.15, -0.1) is 11.8 Å². The molecule has 6 nitrogen and oxygen atoms in total. The lowest BCUT2D eigenvalue weighted by molar-refractivity contribution is 0.102. The predicted molar refractivity (Wildman–Crippen MR) is 114 cm³/mol. The molecular weight excluding hydrogens is 394 g/mol. The Morgan fingerprint density at radius 3 is 2.46 bits per heavy atom. The van der Waals surface area contributed by atoms with E-state index in [4.69, 9.17) is 0 Å². The van der Waals surface area contributed by atoms with Crippen molar-refractivity contribution < 1.29 is 13.2 Å². The fourth-order valence-electron chi connectivity index (χ4n) is 3.08. The summed E-state index contributed by atoms with van der Waals surface area (Å²) in [5.41, 5.74) is 1.78. The highest BCUT2D eigenvalue weighted by molar-refractivity contribution is 7.98. The van der Waals surface area contributed by atoms with Crippen LogP contribution in [-0.2, 0) is 10.0 Å². The van der Waals surface area contributed by atoms with Gasteiger partial charge < -0.3 is 10.2 Å². The van der Waals surface area contributed by atoms with Crippen LogP contribution in [0.4, 0.5) is 5.69 Å². The molecule has 0 aliphatic carbocycles.